The number of carboxylic acid groups (broad SMARTS) is 1. The number of nitrogens with zero attached hydrogens (tertiary/aromatic N) is 1. The van der Waals surface area contributed by atoms with Crippen LogP contribution in [0.3, 0.4) is 0 Å². The molecule has 1 atom stereocenters. The summed E-state index contributed by atoms with van der Waals surface area (Å²) in [5.74, 6) is -0.959. The van der Waals surface area contributed by atoms with Gasteiger partial charge in [-0.05, 0) is 12.5 Å². The highest BCUT2D eigenvalue weighted by Crippen LogP contribution is 2.17. The van der Waals surface area contributed by atoms with Crippen molar-refractivity contribution in [3.8, 4) is 0 Å². The van der Waals surface area contributed by atoms with Crippen molar-refractivity contribution in [2.75, 3.05) is 7.05 Å². The van der Waals surface area contributed by atoms with E-state index in [1.165, 1.54) is 5.01 Å². The zero-order chi connectivity index (χ0) is 9.30. The van der Waals surface area contributed by atoms with Crippen LogP contribution >= 0.6 is 0 Å². The summed E-state index contributed by atoms with van der Waals surface area (Å²) in [4.78, 5) is 21.0. The average molecular weight is 170 g/mol. The second-order valence-electron chi connectivity index (χ2n) is 2.68. The normalized spacial score (nSPS) is 24.0. The van der Waals surface area contributed by atoms with Gasteiger partial charge in [0.05, 0.1) is 5.70 Å². The minimum absolute atomic E-state index is 0.338. The number of likely N-dealkylation sites (N-methyl/N-ethyl adjacent to an activating group) is 1. The van der Waals surface area contributed by atoms with E-state index in [9.17, 15) is 9.59 Å². The first kappa shape index (κ1) is 8.73. The molecule has 5 nitrogen and oxygen atoms in total. The molecule has 1 heterocycles. The van der Waals surface area contributed by atoms with Gasteiger partial charge in [0, 0.05) is 7.05 Å². The highest BCUT2D eigenvalue weighted by Gasteiger charge is 2.32. The topological polar surface area (TPSA) is 69.6 Å². The maximum absolute atomic E-state index is 10.7. The van der Waals surface area contributed by atoms with Crippen LogP contribution in [-0.2, 0) is 9.59 Å². The van der Waals surface area contributed by atoms with Gasteiger partial charge >= 0.3 is 5.97 Å². The van der Waals surface area contributed by atoms with E-state index in [1.807, 2.05) is 0 Å². The molecule has 1 aliphatic rings. The van der Waals surface area contributed by atoms with Gasteiger partial charge in [-0.2, -0.15) is 0 Å². The number of carbonyl (C=O) groups is 2. The van der Waals surface area contributed by atoms with Gasteiger partial charge in [0.15, 0.2) is 6.29 Å². The highest BCUT2D eigenvalue weighted by atomic mass is 16.4. The quantitative estimate of drug-likeness (QED) is 0.539. The summed E-state index contributed by atoms with van der Waals surface area (Å²) in [5, 5.41) is 10.1. The zero-order valence-corrected chi connectivity index (χ0v) is 6.87. The molecule has 1 unspecified atom stereocenters. The lowest BCUT2D eigenvalue weighted by molar-refractivity contribution is -0.141. The largest absolute Gasteiger partial charge is 0.480 e. The summed E-state index contributed by atoms with van der Waals surface area (Å²) in [6, 6.07) is -0.731. The number of hydrazine groups is 1. The standard InChI is InChI=1S/C7H10N2O3/c1-4-5(3-10)8-9(2)6(4)7(11)12/h3,6,8H,1-2H3,(H,11,12). The van der Waals surface area contributed by atoms with Gasteiger partial charge in [-0.25, -0.2) is 5.01 Å². The molecule has 0 radical (unpaired) electrons. The Morgan fingerprint density at radius 2 is 2.33 bits per heavy atom. The second-order valence-corrected chi connectivity index (χ2v) is 2.68. The van der Waals surface area contributed by atoms with Crippen molar-refractivity contribution in [3.05, 3.63) is 11.3 Å². The van der Waals surface area contributed by atoms with Crippen molar-refractivity contribution in [2.45, 2.75) is 13.0 Å². The fraction of sp³-hybridized carbons (Fsp3) is 0.429. The van der Waals surface area contributed by atoms with E-state index in [4.69, 9.17) is 5.11 Å². The lowest BCUT2D eigenvalue weighted by atomic mass is 10.1. The molecule has 0 saturated heterocycles. The molecule has 66 valence electrons. The minimum Gasteiger partial charge on any atom is -0.480 e. The van der Waals surface area contributed by atoms with Crippen LogP contribution in [0.5, 0.6) is 0 Å². The van der Waals surface area contributed by atoms with E-state index in [-0.39, 0.29) is 0 Å². The van der Waals surface area contributed by atoms with E-state index in [2.05, 4.69) is 5.43 Å². The first-order chi connectivity index (χ1) is 5.57. The maximum atomic E-state index is 10.7. The third-order valence-electron chi connectivity index (χ3n) is 1.87. The Kier molecular flexibility index (Phi) is 2.14. The van der Waals surface area contributed by atoms with Gasteiger partial charge in [0.25, 0.3) is 0 Å². The van der Waals surface area contributed by atoms with Crippen molar-refractivity contribution in [1.82, 2.24) is 10.4 Å². The Balaban J connectivity index is 2.95. The lowest BCUT2D eigenvalue weighted by Gasteiger charge is -2.16. The minimum atomic E-state index is -0.959. The molecule has 0 amide bonds. The molecule has 0 fully saturated rings. The van der Waals surface area contributed by atoms with Crippen molar-refractivity contribution in [2.24, 2.45) is 0 Å². The number of allylic oxidation sites excluding steroid dienone is 1. The van der Waals surface area contributed by atoms with Gasteiger partial charge in [-0.15, -0.1) is 0 Å². The number of hydrogen-bond acceptors (Lipinski definition) is 4. The molecular formula is C7H10N2O3. The van der Waals surface area contributed by atoms with Crippen LogP contribution in [0.4, 0.5) is 0 Å². The average Bonchev–Trinajstić information content (AvgIpc) is 2.25. The Hall–Kier alpha value is -1.36. The van der Waals surface area contributed by atoms with Crippen molar-refractivity contribution >= 4 is 12.3 Å². The third kappa shape index (κ3) is 1.18. The Morgan fingerprint density at radius 1 is 1.75 bits per heavy atom. The molecule has 2 N–H and O–H groups in total. The molecule has 0 bridgehead atoms. The second kappa shape index (κ2) is 2.94. The van der Waals surface area contributed by atoms with Crippen LogP contribution in [0.25, 0.3) is 0 Å². The molecule has 0 aromatic carbocycles. The number of carbonyl (C=O) groups excluding carboxylic acids is 1. The van der Waals surface area contributed by atoms with E-state index in [0.29, 0.717) is 17.6 Å². The first-order valence-corrected chi connectivity index (χ1v) is 3.46. The molecule has 12 heavy (non-hydrogen) atoms. The summed E-state index contributed by atoms with van der Waals surface area (Å²) in [5.41, 5.74) is 3.53. The van der Waals surface area contributed by atoms with Gasteiger partial charge in [-0.1, -0.05) is 0 Å². The predicted molar refractivity (Wildman–Crippen MR) is 41.1 cm³/mol. The van der Waals surface area contributed by atoms with Crippen molar-refractivity contribution in [1.29, 1.82) is 0 Å². The zero-order valence-electron chi connectivity index (χ0n) is 6.87. The van der Waals surface area contributed by atoms with Gasteiger partial charge in [-0.3, -0.25) is 9.59 Å². The molecule has 1 rings (SSSR count). The van der Waals surface area contributed by atoms with Crippen LogP contribution in [0.15, 0.2) is 11.3 Å². The SMILES string of the molecule is CC1=C(C=O)NN(C)C1C(=O)O. The lowest BCUT2D eigenvalue weighted by Crippen LogP contribution is -2.40. The molecule has 0 saturated carbocycles. The van der Waals surface area contributed by atoms with Crippen LogP contribution in [0.2, 0.25) is 0 Å². The summed E-state index contributed by atoms with van der Waals surface area (Å²) in [6.07, 6.45) is 0.620. The molecule has 0 aromatic rings. The number of nitrogens with one attached hydrogen (secondary N) is 1. The van der Waals surface area contributed by atoms with Crippen LogP contribution in [0.1, 0.15) is 6.92 Å². The summed E-state index contributed by atoms with van der Waals surface area (Å²) in [6.45, 7) is 1.62. The van der Waals surface area contributed by atoms with E-state index in [1.54, 1.807) is 14.0 Å². The number of rotatable bonds is 2. The maximum Gasteiger partial charge on any atom is 0.327 e. The Morgan fingerprint density at radius 3 is 2.58 bits per heavy atom. The fourth-order valence-corrected chi connectivity index (χ4v) is 1.25. The third-order valence-corrected chi connectivity index (χ3v) is 1.87. The number of aliphatic carboxylic acids is 1. The van der Waals surface area contributed by atoms with E-state index < -0.39 is 12.0 Å². The fourth-order valence-electron chi connectivity index (χ4n) is 1.25. The Labute approximate surface area is 69.6 Å². The van der Waals surface area contributed by atoms with E-state index >= 15 is 0 Å². The molecular weight excluding hydrogens is 160 g/mol. The van der Waals surface area contributed by atoms with Gasteiger partial charge < -0.3 is 10.5 Å². The number of carboxylic acids is 1. The van der Waals surface area contributed by atoms with Gasteiger partial charge in [0.1, 0.15) is 6.04 Å². The first-order valence-electron chi connectivity index (χ1n) is 3.46. The molecule has 0 aliphatic carbocycles. The van der Waals surface area contributed by atoms with Crippen molar-refractivity contribution < 1.29 is 14.7 Å². The van der Waals surface area contributed by atoms with Gasteiger partial charge in [0.2, 0.25) is 0 Å². The van der Waals surface area contributed by atoms with Crippen LogP contribution < -0.4 is 5.43 Å². The smallest absolute Gasteiger partial charge is 0.327 e. The summed E-state index contributed by atoms with van der Waals surface area (Å²) < 4.78 is 0. The molecule has 0 aromatic heterocycles. The predicted octanol–water partition coefficient (Wildman–Crippen LogP) is -0.637. The molecule has 1 aliphatic heterocycles. The van der Waals surface area contributed by atoms with E-state index in [0.717, 1.165) is 0 Å². The van der Waals surface area contributed by atoms with Crippen molar-refractivity contribution in [3.63, 3.8) is 0 Å². The van der Waals surface area contributed by atoms with Crippen LogP contribution in [-0.4, -0.2) is 35.5 Å². The Bertz CT molecular complexity index is 259. The molecule has 0 spiro atoms. The number of hydrogen-bond donors (Lipinski definition) is 2. The highest BCUT2D eigenvalue weighted by molar-refractivity contribution is 5.83. The monoisotopic (exact) mass is 170 g/mol. The number of aldehydes is 1. The summed E-state index contributed by atoms with van der Waals surface area (Å²) >= 11 is 0. The molecule has 5 heteroatoms. The summed E-state index contributed by atoms with van der Waals surface area (Å²) in [7, 11) is 1.58. The van der Waals surface area contributed by atoms with Crippen LogP contribution in [0, 0.1) is 0 Å².